The first kappa shape index (κ1) is 21.0. The molecule has 2 aromatic rings. The van der Waals surface area contributed by atoms with Crippen LogP contribution < -0.4 is 15.0 Å². The van der Waals surface area contributed by atoms with Crippen molar-refractivity contribution < 1.29 is 27.4 Å². The highest BCUT2D eigenvalue weighted by Crippen LogP contribution is 2.35. The van der Waals surface area contributed by atoms with E-state index in [1.165, 1.54) is 6.07 Å². The topological polar surface area (TPSA) is 50.8 Å². The summed E-state index contributed by atoms with van der Waals surface area (Å²) in [5.41, 5.74) is 0.776. The Hall–Kier alpha value is -2.74. The highest BCUT2D eigenvalue weighted by Gasteiger charge is 2.32. The number of halogens is 3. The van der Waals surface area contributed by atoms with Crippen LogP contribution in [-0.2, 0) is 22.1 Å². The maximum absolute atomic E-state index is 13.2. The molecule has 5 nitrogen and oxygen atoms in total. The zero-order chi connectivity index (χ0) is 20.9. The summed E-state index contributed by atoms with van der Waals surface area (Å²) in [6, 6.07) is 10.7. The molecule has 0 spiro atoms. The third-order valence-electron chi connectivity index (χ3n) is 4.66. The normalized spacial score (nSPS) is 14.6. The van der Waals surface area contributed by atoms with Crippen molar-refractivity contribution in [3.05, 3.63) is 53.6 Å². The van der Waals surface area contributed by atoms with E-state index in [-0.39, 0.29) is 12.3 Å². The van der Waals surface area contributed by atoms with E-state index >= 15 is 0 Å². The van der Waals surface area contributed by atoms with Gasteiger partial charge in [0.2, 0.25) is 0 Å². The second-order valence-corrected chi connectivity index (χ2v) is 6.63. The van der Waals surface area contributed by atoms with Crippen molar-refractivity contribution in [3.63, 3.8) is 0 Å². The molecule has 0 atom stereocenters. The average molecular weight is 408 g/mol. The minimum Gasteiger partial charge on any atom is -0.483 e. The molecule has 8 heteroatoms. The summed E-state index contributed by atoms with van der Waals surface area (Å²) in [7, 11) is 0. The van der Waals surface area contributed by atoms with E-state index in [2.05, 4.69) is 5.32 Å². The number of carbonyl (C=O) groups is 1. The lowest BCUT2D eigenvalue weighted by molar-refractivity contribution is -0.137. The van der Waals surface area contributed by atoms with Gasteiger partial charge in [0.15, 0.2) is 6.61 Å². The van der Waals surface area contributed by atoms with Gasteiger partial charge in [-0.25, -0.2) is 0 Å². The Bertz CT molecular complexity index is 849. The summed E-state index contributed by atoms with van der Waals surface area (Å²) in [5.74, 6) is 0.0623. The molecule has 0 bridgehead atoms. The number of aryl methyl sites for hydroxylation is 1. The molecular weight excluding hydrogens is 385 g/mol. The molecule has 0 radical (unpaired) electrons. The molecule has 2 aromatic carbocycles. The van der Waals surface area contributed by atoms with E-state index in [1.54, 1.807) is 12.1 Å². The van der Waals surface area contributed by atoms with Crippen LogP contribution in [0.3, 0.4) is 0 Å². The van der Waals surface area contributed by atoms with E-state index in [0.29, 0.717) is 37.7 Å². The van der Waals surface area contributed by atoms with Crippen molar-refractivity contribution in [1.82, 2.24) is 0 Å². The predicted molar refractivity (Wildman–Crippen MR) is 104 cm³/mol. The summed E-state index contributed by atoms with van der Waals surface area (Å²) in [4.78, 5) is 14.3. The summed E-state index contributed by atoms with van der Waals surface area (Å²) >= 11 is 0. The number of para-hydroxylation sites is 1. The summed E-state index contributed by atoms with van der Waals surface area (Å²) in [5, 5.41) is 2.58. The lowest BCUT2D eigenvalue weighted by atomic mass is 10.1. The number of nitrogens with zero attached hydrogens (tertiary/aromatic N) is 1. The van der Waals surface area contributed by atoms with Crippen LogP contribution in [0.5, 0.6) is 5.75 Å². The molecule has 0 saturated carbocycles. The van der Waals surface area contributed by atoms with Crippen molar-refractivity contribution >= 4 is 17.3 Å². The van der Waals surface area contributed by atoms with E-state index in [4.69, 9.17) is 9.47 Å². The maximum Gasteiger partial charge on any atom is 0.416 e. The molecule has 3 rings (SSSR count). The Morgan fingerprint density at radius 3 is 2.59 bits per heavy atom. The van der Waals surface area contributed by atoms with Crippen LogP contribution in [0.15, 0.2) is 42.5 Å². The van der Waals surface area contributed by atoms with Crippen LogP contribution in [0.25, 0.3) is 0 Å². The van der Waals surface area contributed by atoms with Gasteiger partial charge in [-0.15, -0.1) is 0 Å². The number of hydrogen-bond donors (Lipinski definition) is 1. The Morgan fingerprint density at radius 2 is 1.90 bits per heavy atom. The quantitative estimate of drug-likeness (QED) is 0.781. The number of morpholine rings is 1. The van der Waals surface area contributed by atoms with Gasteiger partial charge in [0.1, 0.15) is 5.75 Å². The van der Waals surface area contributed by atoms with Gasteiger partial charge in [0.25, 0.3) is 5.91 Å². The van der Waals surface area contributed by atoms with Crippen LogP contribution in [0.2, 0.25) is 0 Å². The molecule has 1 N–H and O–H groups in total. The molecule has 0 aromatic heterocycles. The van der Waals surface area contributed by atoms with E-state index in [9.17, 15) is 18.0 Å². The van der Waals surface area contributed by atoms with Crippen LogP contribution in [0, 0.1) is 0 Å². The molecule has 1 aliphatic heterocycles. The lowest BCUT2D eigenvalue weighted by Gasteiger charge is -2.31. The van der Waals surface area contributed by atoms with E-state index in [1.807, 2.05) is 24.0 Å². The number of anilines is 2. The SMILES string of the molecule is CCc1ccccc1OCC(=O)Nc1cc(C(F)(F)F)ccc1N1CCOCC1. The smallest absolute Gasteiger partial charge is 0.416 e. The zero-order valence-corrected chi connectivity index (χ0v) is 16.1. The molecule has 1 aliphatic rings. The van der Waals surface area contributed by atoms with Gasteiger partial charge in [-0.1, -0.05) is 25.1 Å². The molecule has 1 heterocycles. The third kappa shape index (κ3) is 5.41. The first-order chi connectivity index (χ1) is 13.9. The summed E-state index contributed by atoms with van der Waals surface area (Å²) in [6.07, 6.45) is -3.76. The van der Waals surface area contributed by atoms with Crippen molar-refractivity contribution in [3.8, 4) is 5.75 Å². The lowest BCUT2D eigenvalue weighted by Crippen LogP contribution is -2.37. The molecule has 1 fully saturated rings. The first-order valence-electron chi connectivity index (χ1n) is 9.43. The number of rotatable bonds is 6. The highest BCUT2D eigenvalue weighted by molar-refractivity contribution is 5.95. The minimum absolute atomic E-state index is 0.110. The third-order valence-corrected chi connectivity index (χ3v) is 4.66. The second kappa shape index (κ2) is 9.17. The van der Waals surface area contributed by atoms with Gasteiger partial charge < -0.3 is 19.7 Å². The number of nitrogens with one attached hydrogen (secondary N) is 1. The van der Waals surface area contributed by atoms with E-state index < -0.39 is 17.6 Å². The van der Waals surface area contributed by atoms with Crippen molar-refractivity contribution in [1.29, 1.82) is 0 Å². The molecule has 29 heavy (non-hydrogen) atoms. The van der Waals surface area contributed by atoms with Crippen LogP contribution in [-0.4, -0.2) is 38.8 Å². The fourth-order valence-electron chi connectivity index (χ4n) is 3.16. The average Bonchev–Trinajstić information content (AvgIpc) is 2.72. The maximum atomic E-state index is 13.2. The second-order valence-electron chi connectivity index (χ2n) is 6.63. The number of hydrogen-bond acceptors (Lipinski definition) is 4. The van der Waals surface area contributed by atoms with Crippen LogP contribution in [0.4, 0.5) is 24.5 Å². The minimum atomic E-state index is -4.50. The van der Waals surface area contributed by atoms with Gasteiger partial charge in [-0.2, -0.15) is 13.2 Å². The number of carbonyl (C=O) groups excluding carboxylic acids is 1. The van der Waals surface area contributed by atoms with Crippen molar-refractivity contribution in [2.75, 3.05) is 43.1 Å². The van der Waals surface area contributed by atoms with Crippen LogP contribution in [0.1, 0.15) is 18.1 Å². The van der Waals surface area contributed by atoms with Crippen molar-refractivity contribution in [2.45, 2.75) is 19.5 Å². The molecule has 0 aliphatic carbocycles. The summed E-state index contributed by atoms with van der Waals surface area (Å²) < 4.78 is 50.4. The number of alkyl halides is 3. The fourth-order valence-corrected chi connectivity index (χ4v) is 3.16. The van der Waals surface area contributed by atoms with Crippen LogP contribution >= 0.6 is 0 Å². The predicted octanol–water partition coefficient (Wildman–Crippen LogP) is 4.12. The highest BCUT2D eigenvalue weighted by atomic mass is 19.4. The Kier molecular flexibility index (Phi) is 6.64. The monoisotopic (exact) mass is 408 g/mol. The standard InChI is InChI=1S/C21H23F3N2O3/c1-2-15-5-3-4-6-19(15)29-14-20(27)25-17-13-16(21(22,23)24)7-8-18(17)26-9-11-28-12-10-26/h3-8,13H,2,9-12,14H2,1H3,(H,25,27). The molecule has 156 valence electrons. The Morgan fingerprint density at radius 1 is 1.17 bits per heavy atom. The van der Waals surface area contributed by atoms with Gasteiger partial charge >= 0.3 is 6.18 Å². The number of benzene rings is 2. The van der Waals surface area contributed by atoms with Gasteiger partial charge in [-0.05, 0) is 36.2 Å². The first-order valence-corrected chi connectivity index (χ1v) is 9.43. The zero-order valence-electron chi connectivity index (χ0n) is 16.1. The van der Waals surface area contributed by atoms with Gasteiger partial charge in [0, 0.05) is 13.1 Å². The molecular formula is C21H23F3N2O3. The number of amides is 1. The van der Waals surface area contributed by atoms with E-state index in [0.717, 1.165) is 24.1 Å². The molecule has 1 amide bonds. The molecule has 0 unspecified atom stereocenters. The fraction of sp³-hybridized carbons (Fsp3) is 0.381. The summed E-state index contributed by atoms with van der Waals surface area (Å²) in [6.45, 7) is 3.70. The number of ether oxygens (including phenoxy) is 2. The Labute approximate surface area is 167 Å². The Balaban J connectivity index is 1.77. The van der Waals surface area contributed by atoms with Gasteiger partial charge in [0.05, 0.1) is 30.2 Å². The largest absolute Gasteiger partial charge is 0.483 e. The van der Waals surface area contributed by atoms with Crippen molar-refractivity contribution in [2.24, 2.45) is 0 Å². The molecule has 1 saturated heterocycles. The van der Waals surface area contributed by atoms with Gasteiger partial charge in [-0.3, -0.25) is 4.79 Å².